The van der Waals surface area contributed by atoms with E-state index < -0.39 is 29.1 Å². The maximum Gasteiger partial charge on any atom is 0.345 e. The number of carbonyl (C=O) groups excluding carboxylic acids is 2. The molecule has 0 saturated heterocycles. The molecule has 1 aliphatic carbocycles. The lowest BCUT2D eigenvalue weighted by Crippen LogP contribution is -2.45. The lowest BCUT2D eigenvalue weighted by Gasteiger charge is -2.34. The zero-order chi connectivity index (χ0) is 20.8. The van der Waals surface area contributed by atoms with Gasteiger partial charge in [-0.05, 0) is 18.3 Å². The summed E-state index contributed by atoms with van der Waals surface area (Å²) >= 11 is 0. The predicted molar refractivity (Wildman–Crippen MR) is 101 cm³/mol. The Balaban J connectivity index is 2.06. The van der Waals surface area contributed by atoms with Crippen LogP contribution < -0.4 is 14.8 Å². The van der Waals surface area contributed by atoms with Crippen molar-refractivity contribution in [3.8, 4) is 11.5 Å². The number of esters is 1. The highest BCUT2D eigenvalue weighted by Gasteiger charge is 2.29. The topological polar surface area (TPSA) is 117 Å². The molecule has 0 spiro atoms. The van der Waals surface area contributed by atoms with Crippen molar-refractivity contribution in [1.29, 1.82) is 0 Å². The third-order valence-corrected chi connectivity index (χ3v) is 5.31. The summed E-state index contributed by atoms with van der Waals surface area (Å²) in [5, 5.41) is 14.2. The molecule has 3 atom stereocenters. The molecule has 28 heavy (non-hydrogen) atoms. The Labute approximate surface area is 163 Å². The van der Waals surface area contributed by atoms with Gasteiger partial charge in [0, 0.05) is 12.1 Å². The molecular formula is C19H26N2O7. The molecule has 0 aliphatic heterocycles. The molecule has 2 rings (SSSR count). The molecule has 1 amide bonds. The van der Waals surface area contributed by atoms with Gasteiger partial charge in [0.15, 0.2) is 18.1 Å². The SMILES string of the molecule is COc1cc(C(=O)OCC(=O)N[C@H]2CCC[C@@H](C)[C@H]2C)c([N+](=O)[O-])cc1OC. The number of nitro benzene ring substituents is 1. The summed E-state index contributed by atoms with van der Waals surface area (Å²) < 4.78 is 15.1. The van der Waals surface area contributed by atoms with Crippen LogP contribution >= 0.6 is 0 Å². The summed E-state index contributed by atoms with van der Waals surface area (Å²) in [6, 6.07) is 2.29. The van der Waals surface area contributed by atoms with Crippen LogP contribution in [0.3, 0.4) is 0 Å². The van der Waals surface area contributed by atoms with Crippen LogP contribution in [0.5, 0.6) is 11.5 Å². The van der Waals surface area contributed by atoms with Crippen LogP contribution in [-0.2, 0) is 9.53 Å². The quantitative estimate of drug-likeness (QED) is 0.429. The zero-order valence-electron chi connectivity index (χ0n) is 16.5. The van der Waals surface area contributed by atoms with Crippen LogP contribution in [-0.4, -0.2) is 43.7 Å². The van der Waals surface area contributed by atoms with Gasteiger partial charge < -0.3 is 19.5 Å². The van der Waals surface area contributed by atoms with Crippen LogP contribution in [0.15, 0.2) is 12.1 Å². The average Bonchev–Trinajstić information content (AvgIpc) is 2.68. The van der Waals surface area contributed by atoms with Gasteiger partial charge >= 0.3 is 5.97 Å². The maximum absolute atomic E-state index is 12.3. The highest BCUT2D eigenvalue weighted by atomic mass is 16.6. The van der Waals surface area contributed by atoms with Gasteiger partial charge in [0.1, 0.15) is 5.56 Å². The number of methoxy groups -OCH3 is 2. The fraction of sp³-hybridized carbons (Fsp3) is 0.579. The summed E-state index contributed by atoms with van der Waals surface area (Å²) in [5.41, 5.74) is -0.798. The first-order valence-electron chi connectivity index (χ1n) is 9.15. The van der Waals surface area contributed by atoms with E-state index in [2.05, 4.69) is 19.2 Å². The number of carbonyl (C=O) groups is 2. The molecule has 1 saturated carbocycles. The second-order valence-corrected chi connectivity index (χ2v) is 7.00. The zero-order valence-corrected chi connectivity index (χ0v) is 16.5. The Kier molecular flexibility index (Phi) is 7.19. The van der Waals surface area contributed by atoms with Crippen molar-refractivity contribution in [1.82, 2.24) is 5.32 Å². The molecule has 1 aliphatic rings. The Bertz CT molecular complexity index is 750. The molecule has 9 nitrogen and oxygen atoms in total. The molecule has 0 aromatic heterocycles. The average molecular weight is 394 g/mol. The normalized spacial score (nSPS) is 21.5. The number of nitro groups is 1. The van der Waals surface area contributed by atoms with Gasteiger partial charge in [-0.1, -0.05) is 26.7 Å². The van der Waals surface area contributed by atoms with E-state index in [1.54, 1.807) is 0 Å². The molecule has 0 heterocycles. The molecule has 1 aromatic carbocycles. The Morgan fingerprint density at radius 1 is 1.18 bits per heavy atom. The molecular weight excluding hydrogens is 368 g/mol. The van der Waals surface area contributed by atoms with Gasteiger partial charge in [0.25, 0.3) is 11.6 Å². The van der Waals surface area contributed by atoms with Crippen molar-refractivity contribution in [2.45, 2.75) is 39.2 Å². The maximum atomic E-state index is 12.3. The summed E-state index contributed by atoms with van der Waals surface area (Å²) in [6.07, 6.45) is 3.05. The predicted octanol–water partition coefficient (Wildman–Crippen LogP) is 2.71. The smallest absolute Gasteiger partial charge is 0.345 e. The first-order valence-corrected chi connectivity index (χ1v) is 9.15. The molecule has 1 aromatic rings. The van der Waals surface area contributed by atoms with Crippen LogP contribution in [0, 0.1) is 22.0 Å². The Morgan fingerprint density at radius 3 is 2.43 bits per heavy atom. The highest BCUT2D eigenvalue weighted by Crippen LogP contribution is 2.35. The van der Waals surface area contributed by atoms with Crippen LogP contribution in [0.25, 0.3) is 0 Å². The van der Waals surface area contributed by atoms with E-state index in [-0.39, 0.29) is 23.1 Å². The van der Waals surface area contributed by atoms with Crippen molar-refractivity contribution >= 4 is 17.6 Å². The third kappa shape index (κ3) is 4.90. The minimum atomic E-state index is -0.979. The van der Waals surface area contributed by atoms with Gasteiger partial charge in [-0.25, -0.2) is 4.79 Å². The Morgan fingerprint density at radius 2 is 1.82 bits per heavy atom. The van der Waals surface area contributed by atoms with E-state index in [0.717, 1.165) is 25.3 Å². The summed E-state index contributed by atoms with van der Waals surface area (Å²) in [6.45, 7) is 3.73. The summed E-state index contributed by atoms with van der Waals surface area (Å²) in [7, 11) is 2.68. The lowest BCUT2D eigenvalue weighted by molar-refractivity contribution is -0.385. The number of rotatable bonds is 7. The summed E-state index contributed by atoms with van der Waals surface area (Å²) in [4.78, 5) is 35.1. The first kappa shape index (κ1) is 21.5. The largest absolute Gasteiger partial charge is 0.493 e. The number of nitrogens with zero attached hydrogens (tertiary/aromatic N) is 1. The van der Waals surface area contributed by atoms with E-state index in [1.165, 1.54) is 20.3 Å². The van der Waals surface area contributed by atoms with Crippen molar-refractivity contribution in [2.75, 3.05) is 20.8 Å². The van der Waals surface area contributed by atoms with E-state index in [4.69, 9.17) is 14.2 Å². The highest BCUT2D eigenvalue weighted by molar-refractivity contribution is 5.96. The van der Waals surface area contributed by atoms with Gasteiger partial charge in [0.05, 0.1) is 25.2 Å². The van der Waals surface area contributed by atoms with Crippen LogP contribution in [0.1, 0.15) is 43.5 Å². The number of hydrogen-bond donors (Lipinski definition) is 1. The van der Waals surface area contributed by atoms with Gasteiger partial charge in [0.2, 0.25) is 0 Å². The third-order valence-electron chi connectivity index (χ3n) is 5.31. The Hall–Kier alpha value is -2.84. The molecule has 1 fully saturated rings. The van der Waals surface area contributed by atoms with Crippen molar-refractivity contribution in [3.05, 3.63) is 27.8 Å². The van der Waals surface area contributed by atoms with Crippen molar-refractivity contribution < 1.29 is 28.7 Å². The van der Waals surface area contributed by atoms with Gasteiger partial charge in [-0.2, -0.15) is 0 Å². The number of benzene rings is 1. The molecule has 0 unspecified atom stereocenters. The summed E-state index contributed by atoms with van der Waals surface area (Å²) in [5.74, 6) is -0.301. The van der Waals surface area contributed by atoms with E-state index in [9.17, 15) is 19.7 Å². The molecule has 0 bridgehead atoms. The number of ether oxygens (including phenoxy) is 3. The minimum absolute atomic E-state index is 0.0327. The number of amides is 1. The fourth-order valence-corrected chi connectivity index (χ4v) is 3.43. The van der Waals surface area contributed by atoms with Gasteiger partial charge in [-0.3, -0.25) is 14.9 Å². The van der Waals surface area contributed by atoms with Crippen LogP contribution in [0.4, 0.5) is 5.69 Å². The van der Waals surface area contributed by atoms with Crippen molar-refractivity contribution in [2.24, 2.45) is 11.8 Å². The first-order chi connectivity index (χ1) is 13.3. The van der Waals surface area contributed by atoms with E-state index >= 15 is 0 Å². The van der Waals surface area contributed by atoms with E-state index in [1.807, 2.05) is 0 Å². The number of nitrogens with one attached hydrogen (secondary N) is 1. The second-order valence-electron chi connectivity index (χ2n) is 7.00. The van der Waals surface area contributed by atoms with Gasteiger partial charge in [-0.15, -0.1) is 0 Å². The lowest BCUT2D eigenvalue weighted by atomic mass is 9.78. The van der Waals surface area contributed by atoms with Crippen molar-refractivity contribution in [3.63, 3.8) is 0 Å². The van der Waals surface area contributed by atoms with E-state index in [0.29, 0.717) is 11.8 Å². The number of hydrogen-bond acceptors (Lipinski definition) is 7. The van der Waals surface area contributed by atoms with Crippen LogP contribution in [0.2, 0.25) is 0 Å². The second kappa shape index (κ2) is 9.38. The molecule has 154 valence electrons. The molecule has 0 radical (unpaired) electrons. The molecule has 1 N–H and O–H groups in total. The standard InChI is InChI=1S/C19H26N2O7/c1-11-6-5-7-14(12(11)2)20-18(22)10-28-19(23)13-8-16(26-3)17(27-4)9-15(13)21(24)25/h8-9,11-12,14H,5-7,10H2,1-4H3,(H,20,22)/t11-,12-,14+/m1/s1. The fourth-order valence-electron chi connectivity index (χ4n) is 3.43. The minimum Gasteiger partial charge on any atom is -0.493 e. The monoisotopic (exact) mass is 394 g/mol. The molecule has 9 heteroatoms.